The molecular formula is C29H47NO3. The molecule has 0 bridgehead atoms. The van der Waals surface area contributed by atoms with E-state index in [1.807, 2.05) is 13.8 Å². The van der Waals surface area contributed by atoms with E-state index in [2.05, 4.69) is 19.2 Å². The number of hydrogen-bond acceptors (Lipinski definition) is 3. The van der Waals surface area contributed by atoms with Crippen LogP contribution in [0.5, 0.6) is 0 Å². The van der Waals surface area contributed by atoms with E-state index in [1.165, 1.54) is 38.5 Å². The summed E-state index contributed by atoms with van der Waals surface area (Å²) in [7, 11) is 0. The summed E-state index contributed by atoms with van der Waals surface area (Å²) < 4.78 is 0. The molecule has 0 saturated heterocycles. The van der Waals surface area contributed by atoms with Crippen molar-refractivity contribution in [1.82, 2.24) is 5.32 Å². The van der Waals surface area contributed by atoms with Gasteiger partial charge in [0.15, 0.2) is 0 Å². The number of carbonyl (C=O) groups excluding carboxylic acids is 2. The number of nitrogens with one attached hydrogen (secondary N) is 1. The molecule has 186 valence electrons. The highest BCUT2D eigenvalue weighted by Gasteiger charge is 2.63. The highest BCUT2D eigenvalue weighted by Crippen LogP contribution is 2.69. The lowest BCUT2D eigenvalue weighted by atomic mass is 9.43. The minimum absolute atomic E-state index is 0.215. The SMILES string of the molecule is CC(C)NC(=O)CC[C@@H](C1CC1)[C@H]1CCC2C3C(CC[C@@]21C)[C@@]1(C)CCC(=O)CC1C[C@H]3O. The number of carbonyl (C=O) groups is 2. The second kappa shape index (κ2) is 8.64. The first-order valence-corrected chi connectivity index (χ1v) is 14.1. The third kappa shape index (κ3) is 4.10. The van der Waals surface area contributed by atoms with E-state index in [-0.39, 0.29) is 23.5 Å². The van der Waals surface area contributed by atoms with Crippen LogP contribution < -0.4 is 5.32 Å². The number of rotatable bonds is 6. The first kappa shape index (κ1) is 23.8. The van der Waals surface area contributed by atoms with Gasteiger partial charge in [-0.25, -0.2) is 0 Å². The zero-order chi connectivity index (χ0) is 23.5. The Morgan fingerprint density at radius 1 is 1.06 bits per heavy atom. The molecule has 5 saturated carbocycles. The highest BCUT2D eigenvalue weighted by atomic mass is 16.3. The van der Waals surface area contributed by atoms with Crippen LogP contribution in [0.25, 0.3) is 0 Å². The van der Waals surface area contributed by atoms with Crippen LogP contribution in [0, 0.1) is 52.3 Å². The van der Waals surface area contributed by atoms with Crippen molar-refractivity contribution in [3.63, 3.8) is 0 Å². The summed E-state index contributed by atoms with van der Waals surface area (Å²) in [6.07, 6.45) is 12.5. The van der Waals surface area contributed by atoms with Gasteiger partial charge in [-0.15, -0.1) is 0 Å². The topological polar surface area (TPSA) is 66.4 Å². The van der Waals surface area contributed by atoms with Crippen molar-refractivity contribution in [2.45, 2.75) is 117 Å². The third-order valence-corrected chi connectivity index (χ3v) is 11.5. The molecule has 4 heteroatoms. The normalized spacial score (nSPS) is 45.8. The minimum Gasteiger partial charge on any atom is -0.393 e. The monoisotopic (exact) mass is 457 g/mol. The standard InChI is InChI=1S/C29H47NO3/c1-17(2)30-26(33)10-7-21(18-5-6-18)22-8-9-23-27-24(12-14-29(22,23)4)28(3)13-11-20(31)15-19(28)16-25(27)32/h17-19,21-25,27,32H,5-16H2,1-4H3,(H,30,33)/t19?,21-,22+,23?,24?,25+,27?,28-,29+/m0/s1. The van der Waals surface area contributed by atoms with Gasteiger partial charge in [0, 0.05) is 25.3 Å². The van der Waals surface area contributed by atoms with Crippen LogP contribution in [0.15, 0.2) is 0 Å². The number of amides is 1. The summed E-state index contributed by atoms with van der Waals surface area (Å²) in [6, 6.07) is 0.216. The number of aliphatic hydroxyl groups excluding tert-OH is 1. The van der Waals surface area contributed by atoms with Crippen molar-refractivity contribution < 1.29 is 14.7 Å². The molecule has 4 nitrogen and oxygen atoms in total. The molecular weight excluding hydrogens is 410 g/mol. The highest BCUT2D eigenvalue weighted by molar-refractivity contribution is 5.79. The lowest BCUT2D eigenvalue weighted by molar-refractivity contribution is -0.169. The van der Waals surface area contributed by atoms with Gasteiger partial charge in [0.1, 0.15) is 5.78 Å². The fourth-order valence-corrected chi connectivity index (χ4v) is 9.74. The van der Waals surface area contributed by atoms with Crippen LogP contribution in [0.1, 0.15) is 105 Å². The predicted molar refractivity (Wildman–Crippen MR) is 130 cm³/mol. The van der Waals surface area contributed by atoms with Crippen molar-refractivity contribution in [3.8, 4) is 0 Å². The number of Topliss-reactive ketones (excluding diaryl/α,β-unsaturated/α-hetero) is 1. The molecule has 0 aromatic carbocycles. The van der Waals surface area contributed by atoms with Crippen LogP contribution in [0.3, 0.4) is 0 Å². The first-order chi connectivity index (χ1) is 15.6. The largest absolute Gasteiger partial charge is 0.393 e. The molecule has 0 aromatic rings. The lowest BCUT2D eigenvalue weighted by Crippen LogP contribution is -2.58. The Kier molecular flexibility index (Phi) is 6.24. The summed E-state index contributed by atoms with van der Waals surface area (Å²) in [6.45, 7) is 9.10. The zero-order valence-electron chi connectivity index (χ0n) is 21.4. The van der Waals surface area contributed by atoms with Crippen molar-refractivity contribution >= 4 is 11.7 Å². The summed E-state index contributed by atoms with van der Waals surface area (Å²) in [5.74, 6) is 4.80. The third-order valence-electron chi connectivity index (χ3n) is 11.5. The molecule has 4 unspecified atom stereocenters. The van der Waals surface area contributed by atoms with Crippen LogP contribution in [-0.4, -0.2) is 28.9 Å². The molecule has 0 heterocycles. The average Bonchev–Trinajstić information content (AvgIpc) is 3.51. The van der Waals surface area contributed by atoms with Gasteiger partial charge in [0.05, 0.1) is 6.10 Å². The molecule has 5 rings (SSSR count). The van der Waals surface area contributed by atoms with Crippen molar-refractivity contribution in [2.75, 3.05) is 0 Å². The number of ketones is 1. The predicted octanol–water partition coefficient (Wildman–Crippen LogP) is 5.52. The lowest BCUT2D eigenvalue weighted by Gasteiger charge is -2.62. The van der Waals surface area contributed by atoms with Crippen LogP contribution in [0.4, 0.5) is 0 Å². The van der Waals surface area contributed by atoms with Gasteiger partial charge in [0.25, 0.3) is 0 Å². The first-order valence-electron chi connectivity index (χ1n) is 14.1. The Hall–Kier alpha value is -0.900. The summed E-state index contributed by atoms with van der Waals surface area (Å²) >= 11 is 0. The minimum atomic E-state index is -0.237. The Bertz CT molecular complexity index is 775. The van der Waals surface area contributed by atoms with E-state index < -0.39 is 0 Å². The Morgan fingerprint density at radius 2 is 1.79 bits per heavy atom. The van der Waals surface area contributed by atoms with E-state index in [9.17, 15) is 14.7 Å². The molecule has 0 aliphatic heterocycles. The van der Waals surface area contributed by atoms with E-state index in [4.69, 9.17) is 0 Å². The fourth-order valence-electron chi connectivity index (χ4n) is 9.74. The van der Waals surface area contributed by atoms with E-state index >= 15 is 0 Å². The molecule has 0 aromatic heterocycles. The molecule has 0 spiro atoms. The molecule has 0 radical (unpaired) electrons. The quantitative estimate of drug-likeness (QED) is 0.552. The van der Waals surface area contributed by atoms with Crippen molar-refractivity contribution in [2.24, 2.45) is 52.3 Å². The Balaban J connectivity index is 1.34. The van der Waals surface area contributed by atoms with Crippen LogP contribution in [0.2, 0.25) is 0 Å². The molecule has 1 amide bonds. The molecule has 2 N–H and O–H groups in total. The molecule has 33 heavy (non-hydrogen) atoms. The smallest absolute Gasteiger partial charge is 0.220 e. The summed E-state index contributed by atoms with van der Waals surface area (Å²) in [4.78, 5) is 24.6. The second-order valence-electron chi connectivity index (χ2n) is 13.5. The summed E-state index contributed by atoms with van der Waals surface area (Å²) in [5, 5.41) is 14.5. The maximum absolute atomic E-state index is 12.4. The van der Waals surface area contributed by atoms with E-state index in [0.29, 0.717) is 59.5 Å². The van der Waals surface area contributed by atoms with Gasteiger partial charge in [-0.05, 0) is 124 Å². The summed E-state index contributed by atoms with van der Waals surface area (Å²) in [5.41, 5.74) is 0.541. The molecule has 9 atom stereocenters. The van der Waals surface area contributed by atoms with Crippen LogP contribution >= 0.6 is 0 Å². The fraction of sp³-hybridized carbons (Fsp3) is 0.931. The maximum atomic E-state index is 12.4. The molecule has 5 fully saturated rings. The number of aliphatic hydroxyl groups is 1. The molecule has 5 aliphatic carbocycles. The van der Waals surface area contributed by atoms with Crippen molar-refractivity contribution in [3.05, 3.63) is 0 Å². The van der Waals surface area contributed by atoms with E-state index in [1.54, 1.807) is 0 Å². The zero-order valence-corrected chi connectivity index (χ0v) is 21.4. The van der Waals surface area contributed by atoms with Gasteiger partial charge in [-0.2, -0.15) is 0 Å². The van der Waals surface area contributed by atoms with Crippen molar-refractivity contribution in [1.29, 1.82) is 0 Å². The maximum Gasteiger partial charge on any atom is 0.220 e. The van der Waals surface area contributed by atoms with Gasteiger partial charge < -0.3 is 10.4 Å². The van der Waals surface area contributed by atoms with Gasteiger partial charge in [0.2, 0.25) is 5.91 Å². The second-order valence-corrected chi connectivity index (χ2v) is 13.5. The molecule has 5 aliphatic rings. The van der Waals surface area contributed by atoms with E-state index in [0.717, 1.165) is 31.6 Å². The van der Waals surface area contributed by atoms with Gasteiger partial charge in [-0.1, -0.05) is 13.8 Å². The Labute approximate surface area is 201 Å². The average molecular weight is 458 g/mol. The van der Waals surface area contributed by atoms with Crippen LogP contribution in [-0.2, 0) is 9.59 Å². The van der Waals surface area contributed by atoms with Gasteiger partial charge in [-0.3, -0.25) is 9.59 Å². The van der Waals surface area contributed by atoms with Gasteiger partial charge >= 0.3 is 0 Å². The number of hydrogen-bond donors (Lipinski definition) is 2. The Morgan fingerprint density at radius 3 is 2.48 bits per heavy atom. The number of fused-ring (bicyclic) bond motifs is 5.